The number of hydrogen-bond donors (Lipinski definition) is 1. The van der Waals surface area contributed by atoms with Crippen LogP contribution in [0.3, 0.4) is 0 Å². The second-order valence-electron chi connectivity index (χ2n) is 7.24. The van der Waals surface area contributed by atoms with E-state index < -0.39 is 0 Å². The van der Waals surface area contributed by atoms with Gasteiger partial charge in [0.15, 0.2) is 0 Å². The molecular formula is C19H24N4O3. The standard InChI is InChI=1S/C19H24N4O3/c24-23(25)18-4-3-17(19-16(18)2-1-8-20-19)21-15-5-9-22(10-6-15)12-14-7-11-26-13-14/h1-4,8,14-15,21H,5-7,9-13H2. The molecule has 4 rings (SSSR count). The van der Waals surface area contributed by atoms with Gasteiger partial charge in [0.2, 0.25) is 0 Å². The third-order valence-corrected chi connectivity index (χ3v) is 5.43. The average molecular weight is 356 g/mol. The summed E-state index contributed by atoms with van der Waals surface area (Å²) in [4.78, 5) is 17.8. The van der Waals surface area contributed by atoms with Crippen molar-refractivity contribution in [1.82, 2.24) is 9.88 Å². The molecule has 1 aromatic carbocycles. The van der Waals surface area contributed by atoms with Crippen LogP contribution in [0.1, 0.15) is 19.3 Å². The van der Waals surface area contributed by atoms with Gasteiger partial charge in [-0.25, -0.2) is 0 Å². The smallest absolute Gasteiger partial charge is 0.278 e. The fourth-order valence-electron chi connectivity index (χ4n) is 4.01. The normalized spacial score (nSPS) is 21.9. The van der Waals surface area contributed by atoms with E-state index in [0.29, 0.717) is 22.9 Å². The van der Waals surface area contributed by atoms with Crippen molar-refractivity contribution in [3.63, 3.8) is 0 Å². The van der Waals surface area contributed by atoms with Gasteiger partial charge in [-0.1, -0.05) is 0 Å². The van der Waals surface area contributed by atoms with Crippen LogP contribution in [0.5, 0.6) is 0 Å². The zero-order valence-electron chi connectivity index (χ0n) is 14.8. The van der Waals surface area contributed by atoms with Gasteiger partial charge in [0.1, 0.15) is 5.52 Å². The van der Waals surface area contributed by atoms with E-state index in [2.05, 4.69) is 15.2 Å². The molecule has 2 aliphatic heterocycles. The summed E-state index contributed by atoms with van der Waals surface area (Å²) in [5.41, 5.74) is 1.66. The van der Waals surface area contributed by atoms with Crippen LogP contribution in [-0.2, 0) is 4.74 Å². The van der Waals surface area contributed by atoms with Crippen molar-refractivity contribution in [3.05, 3.63) is 40.6 Å². The molecule has 0 amide bonds. The van der Waals surface area contributed by atoms with Gasteiger partial charge in [-0.05, 0) is 43.4 Å². The minimum atomic E-state index is -0.348. The molecule has 138 valence electrons. The van der Waals surface area contributed by atoms with Crippen molar-refractivity contribution < 1.29 is 9.66 Å². The lowest BCUT2D eigenvalue weighted by Gasteiger charge is -2.34. The van der Waals surface area contributed by atoms with Crippen LogP contribution in [0, 0.1) is 16.0 Å². The molecule has 0 radical (unpaired) electrons. The Balaban J connectivity index is 1.42. The van der Waals surface area contributed by atoms with Gasteiger partial charge in [0.05, 0.1) is 22.6 Å². The van der Waals surface area contributed by atoms with Crippen molar-refractivity contribution in [2.75, 3.05) is 38.2 Å². The topological polar surface area (TPSA) is 80.5 Å². The fourth-order valence-corrected chi connectivity index (χ4v) is 4.01. The lowest BCUT2D eigenvalue weighted by atomic mass is 10.0. The molecule has 0 saturated carbocycles. The Kier molecular flexibility index (Phi) is 4.99. The molecule has 26 heavy (non-hydrogen) atoms. The number of nitro benzene ring substituents is 1. The van der Waals surface area contributed by atoms with Gasteiger partial charge in [0, 0.05) is 44.5 Å². The number of non-ortho nitro benzene ring substituents is 1. The molecule has 0 bridgehead atoms. The van der Waals surface area contributed by atoms with Gasteiger partial charge in [0.25, 0.3) is 5.69 Å². The Morgan fingerprint density at radius 1 is 1.27 bits per heavy atom. The third kappa shape index (κ3) is 3.64. The number of rotatable bonds is 5. The van der Waals surface area contributed by atoms with Crippen molar-refractivity contribution in [2.45, 2.75) is 25.3 Å². The number of anilines is 1. The summed E-state index contributed by atoms with van der Waals surface area (Å²) in [5.74, 6) is 0.683. The van der Waals surface area contributed by atoms with E-state index in [1.54, 1.807) is 30.5 Å². The molecule has 1 atom stereocenters. The Morgan fingerprint density at radius 2 is 2.12 bits per heavy atom. The molecule has 2 fully saturated rings. The first kappa shape index (κ1) is 17.2. The fraction of sp³-hybridized carbons (Fsp3) is 0.526. The first-order chi connectivity index (χ1) is 12.7. The number of nitrogens with zero attached hydrogens (tertiary/aromatic N) is 3. The van der Waals surface area contributed by atoms with Crippen LogP contribution in [0.4, 0.5) is 11.4 Å². The van der Waals surface area contributed by atoms with E-state index in [9.17, 15) is 10.1 Å². The Bertz CT molecular complexity index is 783. The monoisotopic (exact) mass is 356 g/mol. The lowest BCUT2D eigenvalue weighted by Crippen LogP contribution is -2.41. The highest BCUT2D eigenvalue weighted by molar-refractivity contribution is 5.96. The number of fused-ring (bicyclic) bond motifs is 1. The van der Waals surface area contributed by atoms with E-state index in [1.165, 1.54) is 6.42 Å². The summed E-state index contributed by atoms with van der Waals surface area (Å²) in [6, 6.07) is 7.23. The van der Waals surface area contributed by atoms with Crippen molar-refractivity contribution >= 4 is 22.3 Å². The number of pyridine rings is 1. The highest BCUT2D eigenvalue weighted by Crippen LogP contribution is 2.31. The zero-order chi connectivity index (χ0) is 17.9. The third-order valence-electron chi connectivity index (χ3n) is 5.43. The Hall–Kier alpha value is -2.25. The van der Waals surface area contributed by atoms with Gasteiger partial charge < -0.3 is 15.0 Å². The number of nitrogens with one attached hydrogen (secondary N) is 1. The van der Waals surface area contributed by atoms with Crippen LogP contribution >= 0.6 is 0 Å². The van der Waals surface area contributed by atoms with Crippen LogP contribution in [0.2, 0.25) is 0 Å². The van der Waals surface area contributed by atoms with Crippen LogP contribution in [0.25, 0.3) is 10.9 Å². The van der Waals surface area contributed by atoms with E-state index in [0.717, 1.165) is 51.4 Å². The molecule has 2 aromatic rings. The average Bonchev–Trinajstić information content (AvgIpc) is 3.16. The number of benzene rings is 1. The second kappa shape index (κ2) is 7.55. The molecule has 7 heteroatoms. The minimum absolute atomic E-state index is 0.104. The van der Waals surface area contributed by atoms with Crippen LogP contribution in [-0.4, -0.2) is 53.7 Å². The summed E-state index contributed by atoms with van der Waals surface area (Å²) in [7, 11) is 0. The molecule has 1 N–H and O–H groups in total. The molecule has 0 aliphatic carbocycles. The summed E-state index contributed by atoms with van der Waals surface area (Å²) < 4.78 is 5.47. The molecule has 1 aromatic heterocycles. The number of likely N-dealkylation sites (tertiary alicyclic amines) is 1. The number of aromatic nitrogens is 1. The van der Waals surface area contributed by atoms with E-state index in [1.807, 2.05) is 0 Å². The maximum atomic E-state index is 11.2. The van der Waals surface area contributed by atoms with Gasteiger partial charge >= 0.3 is 0 Å². The molecule has 2 aliphatic rings. The van der Waals surface area contributed by atoms with Gasteiger partial charge in [-0.15, -0.1) is 0 Å². The quantitative estimate of drug-likeness (QED) is 0.655. The Morgan fingerprint density at radius 3 is 2.85 bits per heavy atom. The lowest BCUT2D eigenvalue weighted by molar-refractivity contribution is -0.383. The molecule has 3 heterocycles. The number of hydrogen-bond acceptors (Lipinski definition) is 6. The highest BCUT2D eigenvalue weighted by atomic mass is 16.6. The zero-order valence-corrected chi connectivity index (χ0v) is 14.8. The van der Waals surface area contributed by atoms with E-state index in [4.69, 9.17) is 4.74 Å². The highest BCUT2D eigenvalue weighted by Gasteiger charge is 2.24. The van der Waals surface area contributed by atoms with E-state index >= 15 is 0 Å². The molecule has 0 spiro atoms. The summed E-state index contributed by atoms with van der Waals surface area (Å²) in [6.45, 7) is 5.09. The Labute approximate surface area is 152 Å². The predicted molar refractivity (Wildman–Crippen MR) is 100 cm³/mol. The predicted octanol–water partition coefficient (Wildman–Crippen LogP) is 3.06. The van der Waals surface area contributed by atoms with Gasteiger partial charge in [-0.2, -0.15) is 0 Å². The van der Waals surface area contributed by atoms with Crippen LogP contribution in [0.15, 0.2) is 30.5 Å². The van der Waals surface area contributed by atoms with Crippen molar-refractivity contribution in [2.24, 2.45) is 5.92 Å². The van der Waals surface area contributed by atoms with Crippen molar-refractivity contribution in [3.8, 4) is 0 Å². The first-order valence-corrected chi connectivity index (χ1v) is 9.29. The van der Waals surface area contributed by atoms with Gasteiger partial charge in [-0.3, -0.25) is 15.1 Å². The van der Waals surface area contributed by atoms with Crippen molar-refractivity contribution in [1.29, 1.82) is 0 Å². The maximum absolute atomic E-state index is 11.2. The number of nitro groups is 1. The second-order valence-corrected chi connectivity index (χ2v) is 7.24. The minimum Gasteiger partial charge on any atom is -0.381 e. The first-order valence-electron chi connectivity index (χ1n) is 9.29. The molecule has 1 unspecified atom stereocenters. The largest absolute Gasteiger partial charge is 0.381 e. The molecule has 7 nitrogen and oxygen atoms in total. The number of piperidine rings is 1. The molecular weight excluding hydrogens is 332 g/mol. The SMILES string of the molecule is O=[N+]([O-])c1ccc(NC2CCN(CC3CCOC3)CC2)c2ncccc12. The summed E-state index contributed by atoms with van der Waals surface area (Å²) in [5, 5.41) is 15.4. The van der Waals surface area contributed by atoms with Crippen LogP contribution < -0.4 is 5.32 Å². The van der Waals surface area contributed by atoms with E-state index in [-0.39, 0.29) is 10.6 Å². The summed E-state index contributed by atoms with van der Waals surface area (Å²) in [6.07, 6.45) is 5.00. The number of ether oxygens (including phenoxy) is 1. The summed E-state index contributed by atoms with van der Waals surface area (Å²) >= 11 is 0. The maximum Gasteiger partial charge on any atom is 0.278 e. The molecule has 2 saturated heterocycles.